The fourth-order valence-electron chi connectivity index (χ4n) is 1.90. The van der Waals surface area contributed by atoms with Crippen LogP contribution in [0.5, 0.6) is 5.75 Å². The SMILES string of the molecule is COc1cc(CC2(O)CNC2)ccc1[N+](=O)[O-]. The first-order chi connectivity index (χ1) is 8.04. The van der Waals surface area contributed by atoms with Crippen LogP contribution in [0, 0.1) is 10.1 Å². The quantitative estimate of drug-likeness (QED) is 0.588. The average molecular weight is 238 g/mol. The van der Waals surface area contributed by atoms with Crippen LogP contribution in [0.25, 0.3) is 0 Å². The minimum absolute atomic E-state index is 0.0602. The Labute approximate surface area is 98.4 Å². The lowest BCUT2D eigenvalue weighted by atomic mass is 9.89. The number of hydrogen-bond acceptors (Lipinski definition) is 5. The van der Waals surface area contributed by atoms with E-state index in [1.54, 1.807) is 12.1 Å². The molecule has 0 bridgehead atoms. The third-order valence-corrected chi connectivity index (χ3v) is 2.88. The van der Waals surface area contributed by atoms with Gasteiger partial charge in [0.15, 0.2) is 5.75 Å². The van der Waals surface area contributed by atoms with Gasteiger partial charge in [-0.3, -0.25) is 10.1 Å². The van der Waals surface area contributed by atoms with Crippen LogP contribution in [0.3, 0.4) is 0 Å². The second kappa shape index (κ2) is 4.31. The molecule has 0 unspecified atom stereocenters. The Morgan fingerprint density at radius 2 is 2.29 bits per heavy atom. The Kier molecular flexibility index (Phi) is 2.99. The van der Waals surface area contributed by atoms with E-state index in [1.165, 1.54) is 13.2 Å². The number of benzene rings is 1. The van der Waals surface area contributed by atoms with Crippen molar-refractivity contribution in [1.29, 1.82) is 0 Å². The number of methoxy groups -OCH3 is 1. The van der Waals surface area contributed by atoms with Gasteiger partial charge < -0.3 is 15.2 Å². The fraction of sp³-hybridized carbons (Fsp3) is 0.455. The minimum Gasteiger partial charge on any atom is -0.490 e. The summed E-state index contributed by atoms with van der Waals surface area (Å²) in [6.45, 7) is 1.10. The van der Waals surface area contributed by atoms with Crippen molar-refractivity contribution >= 4 is 5.69 Å². The van der Waals surface area contributed by atoms with Gasteiger partial charge in [0.1, 0.15) is 0 Å². The van der Waals surface area contributed by atoms with Crippen molar-refractivity contribution in [3.8, 4) is 5.75 Å². The lowest BCUT2D eigenvalue weighted by molar-refractivity contribution is -0.385. The number of aliphatic hydroxyl groups is 1. The molecule has 6 nitrogen and oxygen atoms in total. The molecule has 0 radical (unpaired) electrons. The van der Waals surface area contributed by atoms with Gasteiger partial charge in [0.25, 0.3) is 0 Å². The van der Waals surface area contributed by atoms with Crippen molar-refractivity contribution in [3.63, 3.8) is 0 Å². The summed E-state index contributed by atoms with van der Waals surface area (Å²) >= 11 is 0. The first-order valence-electron chi connectivity index (χ1n) is 5.28. The van der Waals surface area contributed by atoms with Gasteiger partial charge in [0, 0.05) is 25.6 Å². The molecule has 1 aliphatic heterocycles. The molecule has 1 heterocycles. The van der Waals surface area contributed by atoms with E-state index >= 15 is 0 Å². The molecule has 1 aromatic rings. The molecule has 1 fully saturated rings. The van der Waals surface area contributed by atoms with Crippen LogP contribution < -0.4 is 10.1 Å². The first kappa shape index (κ1) is 11.8. The summed E-state index contributed by atoms with van der Waals surface area (Å²) in [5.41, 5.74) is 0.0349. The maximum absolute atomic E-state index is 10.7. The van der Waals surface area contributed by atoms with E-state index in [2.05, 4.69) is 5.32 Å². The summed E-state index contributed by atoms with van der Waals surface area (Å²) in [4.78, 5) is 10.2. The molecular formula is C11H14N2O4. The highest BCUT2D eigenvalue weighted by Gasteiger charge is 2.34. The highest BCUT2D eigenvalue weighted by atomic mass is 16.6. The number of hydrogen-bond donors (Lipinski definition) is 2. The normalized spacial score (nSPS) is 17.3. The summed E-state index contributed by atoms with van der Waals surface area (Å²) in [6, 6.07) is 4.66. The molecule has 1 aliphatic rings. The van der Waals surface area contributed by atoms with E-state index < -0.39 is 10.5 Å². The van der Waals surface area contributed by atoms with Crippen LogP contribution in [-0.2, 0) is 6.42 Å². The molecular weight excluding hydrogens is 224 g/mol. The fourth-order valence-corrected chi connectivity index (χ4v) is 1.90. The zero-order valence-electron chi connectivity index (χ0n) is 9.47. The lowest BCUT2D eigenvalue weighted by Crippen LogP contribution is -2.60. The zero-order chi connectivity index (χ0) is 12.5. The number of ether oxygens (including phenoxy) is 1. The van der Waals surface area contributed by atoms with Crippen LogP contribution in [0.1, 0.15) is 5.56 Å². The second-order valence-corrected chi connectivity index (χ2v) is 4.27. The smallest absolute Gasteiger partial charge is 0.310 e. The van der Waals surface area contributed by atoms with Gasteiger partial charge in [-0.1, -0.05) is 6.07 Å². The number of nitrogens with one attached hydrogen (secondary N) is 1. The number of rotatable bonds is 4. The summed E-state index contributed by atoms with van der Waals surface area (Å²) in [5.74, 6) is 0.225. The third kappa shape index (κ3) is 2.37. The Balaban J connectivity index is 2.22. The molecule has 1 aromatic carbocycles. The van der Waals surface area contributed by atoms with Crippen LogP contribution in [-0.4, -0.2) is 35.8 Å². The minimum atomic E-state index is -0.735. The van der Waals surface area contributed by atoms with Crippen molar-refractivity contribution in [2.45, 2.75) is 12.0 Å². The van der Waals surface area contributed by atoms with E-state index in [0.717, 1.165) is 5.56 Å². The standard InChI is InChI=1S/C11H14N2O4/c1-17-10-4-8(2-3-9(10)13(15)16)5-11(14)6-12-7-11/h2-4,12,14H,5-7H2,1H3. The van der Waals surface area contributed by atoms with Gasteiger partial charge >= 0.3 is 5.69 Å². The molecule has 92 valence electrons. The van der Waals surface area contributed by atoms with E-state index in [9.17, 15) is 15.2 Å². The Morgan fingerprint density at radius 3 is 2.76 bits per heavy atom. The molecule has 17 heavy (non-hydrogen) atoms. The van der Waals surface area contributed by atoms with Crippen LogP contribution >= 0.6 is 0 Å². The number of nitro groups is 1. The van der Waals surface area contributed by atoms with Gasteiger partial charge in [0.2, 0.25) is 0 Å². The van der Waals surface area contributed by atoms with Crippen molar-refractivity contribution in [2.24, 2.45) is 0 Å². The van der Waals surface area contributed by atoms with Crippen LogP contribution in [0.15, 0.2) is 18.2 Å². The molecule has 0 atom stereocenters. The van der Waals surface area contributed by atoms with Crippen molar-refractivity contribution in [1.82, 2.24) is 5.32 Å². The second-order valence-electron chi connectivity index (χ2n) is 4.27. The third-order valence-electron chi connectivity index (χ3n) is 2.88. The maximum atomic E-state index is 10.7. The van der Waals surface area contributed by atoms with E-state index in [4.69, 9.17) is 4.74 Å². The molecule has 0 saturated carbocycles. The van der Waals surface area contributed by atoms with Crippen molar-refractivity contribution < 1.29 is 14.8 Å². The molecule has 0 spiro atoms. The summed E-state index contributed by atoms with van der Waals surface area (Å²) < 4.78 is 4.97. The van der Waals surface area contributed by atoms with Gasteiger partial charge in [-0.25, -0.2) is 0 Å². The molecule has 1 saturated heterocycles. The van der Waals surface area contributed by atoms with Crippen molar-refractivity contribution in [3.05, 3.63) is 33.9 Å². The average Bonchev–Trinajstić information content (AvgIpc) is 2.26. The summed E-state index contributed by atoms with van der Waals surface area (Å²) in [6.07, 6.45) is 0.467. The number of β-amino-alcohol motifs (C(OH)–C–C–N with tert-alkyl or cyclic N) is 1. The zero-order valence-corrected chi connectivity index (χ0v) is 9.47. The monoisotopic (exact) mass is 238 g/mol. The Morgan fingerprint density at radius 1 is 1.59 bits per heavy atom. The van der Waals surface area contributed by atoms with Gasteiger partial charge in [-0.2, -0.15) is 0 Å². The predicted molar refractivity (Wildman–Crippen MR) is 61.2 cm³/mol. The Bertz CT molecular complexity index is 443. The van der Waals surface area contributed by atoms with Gasteiger partial charge in [-0.05, 0) is 11.6 Å². The molecule has 2 N–H and O–H groups in total. The molecule has 0 aliphatic carbocycles. The highest BCUT2D eigenvalue weighted by Crippen LogP contribution is 2.29. The van der Waals surface area contributed by atoms with Crippen LogP contribution in [0.2, 0.25) is 0 Å². The summed E-state index contributed by atoms with van der Waals surface area (Å²) in [5, 5.41) is 23.7. The van der Waals surface area contributed by atoms with Crippen LogP contribution in [0.4, 0.5) is 5.69 Å². The Hall–Kier alpha value is -1.66. The molecule has 0 amide bonds. The summed E-state index contributed by atoms with van der Waals surface area (Å²) in [7, 11) is 1.39. The number of nitrogens with zero attached hydrogens (tertiary/aromatic N) is 1. The van der Waals surface area contributed by atoms with Gasteiger partial charge in [0.05, 0.1) is 17.6 Å². The van der Waals surface area contributed by atoms with Gasteiger partial charge in [-0.15, -0.1) is 0 Å². The lowest BCUT2D eigenvalue weighted by Gasteiger charge is -2.37. The highest BCUT2D eigenvalue weighted by molar-refractivity contribution is 5.48. The van der Waals surface area contributed by atoms with E-state index in [-0.39, 0.29) is 11.4 Å². The van der Waals surface area contributed by atoms with E-state index in [0.29, 0.717) is 19.5 Å². The molecule has 2 rings (SSSR count). The molecule has 0 aromatic heterocycles. The van der Waals surface area contributed by atoms with E-state index in [1.807, 2.05) is 0 Å². The number of nitro benzene ring substituents is 1. The molecule has 6 heteroatoms. The topological polar surface area (TPSA) is 84.6 Å². The van der Waals surface area contributed by atoms with Crippen molar-refractivity contribution in [2.75, 3.05) is 20.2 Å². The predicted octanol–water partition coefficient (Wildman–Crippen LogP) is 0.480. The largest absolute Gasteiger partial charge is 0.490 e. The first-order valence-corrected chi connectivity index (χ1v) is 5.28. The maximum Gasteiger partial charge on any atom is 0.310 e.